The van der Waals surface area contributed by atoms with Crippen molar-refractivity contribution in [1.29, 1.82) is 0 Å². The van der Waals surface area contributed by atoms with E-state index in [2.05, 4.69) is 19.7 Å². The Morgan fingerprint density at radius 1 is 1.12 bits per heavy atom. The second-order valence-corrected chi connectivity index (χ2v) is 9.87. The van der Waals surface area contributed by atoms with Gasteiger partial charge in [-0.3, -0.25) is 4.79 Å². The zero-order valence-electron chi connectivity index (χ0n) is 19.8. The lowest BCUT2D eigenvalue weighted by molar-refractivity contribution is -0.238. The minimum absolute atomic E-state index is 0.0424. The number of benzene rings is 1. The summed E-state index contributed by atoms with van der Waals surface area (Å²) in [6.07, 6.45) is 6.58. The van der Waals surface area contributed by atoms with Crippen molar-refractivity contribution in [2.75, 3.05) is 0 Å². The fourth-order valence-electron chi connectivity index (χ4n) is 5.57. The summed E-state index contributed by atoms with van der Waals surface area (Å²) in [6.45, 7) is 15.9. The molecular weight excluding hydrogens is 416 g/mol. The third kappa shape index (κ3) is 4.65. The van der Waals surface area contributed by atoms with Crippen LogP contribution < -0.4 is 0 Å². The van der Waals surface area contributed by atoms with Crippen molar-refractivity contribution >= 4 is 5.78 Å². The summed E-state index contributed by atoms with van der Waals surface area (Å²) >= 11 is 0. The van der Waals surface area contributed by atoms with Gasteiger partial charge in [-0.05, 0) is 56.9 Å². The Hall–Kier alpha value is -2.05. The second-order valence-electron chi connectivity index (χ2n) is 9.87. The smallest absolute Gasteiger partial charge is 0.191 e. The lowest BCUT2D eigenvalue weighted by Gasteiger charge is -2.38. The molecule has 1 aromatic rings. The van der Waals surface area contributed by atoms with Crippen LogP contribution in [0.2, 0.25) is 0 Å². The highest BCUT2D eigenvalue weighted by Crippen LogP contribution is 2.50. The Morgan fingerprint density at radius 2 is 1.88 bits per heavy atom. The molecule has 4 rings (SSSR count). The van der Waals surface area contributed by atoms with Crippen molar-refractivity contribution in [2.24, 2.45) is 17.8 Å². The Bertz CT molecular complexity index is 878. The van der Waals surface area contributed by atoms with Crippen LogP contribution in [0.1, 0.15) is 45.1 Å². The molecule has 33 heavy (non-hydrogen) atoms. The number of rotatable bonds is 10. The molecule has 0 spiro atoms. The van der Waals surface area contributed by atoms with Crippen LogP contribution in [0.25, 0.3) is 0 Å². The van der Waals surface area contributed by atoms with Crippen molar-refractivity contribution in [3.05, 3.63) is 73.9 Å². The SMILES string of the molecule is C=CCC[C@@]1(OCc2ccccc2)[C@@H](C(=O)[C@H]2C[C@@H](C=C)C[C@H]2C=C)O[C@@H]2OC(C)(C)O[C@@H]21. The first-order chi connectivity index (χ1) is 15.8. The van der Waals surface area contributed by atoms with E-state index in [4.69, 9.17) is 18.9 Å². The van der Waals surface area contributed by atoms with E-state index in [-0.39, 0.29) is 17.6 Å². The molecule has 5 heteroatoms. The largest absolute Gasteiger partial charge is 0.364 e. The van der Waals surface area contributed by atoms with Crippen molar-refractivity contribution in [1.82, 2.24) is 0 Å². The van der Waals surface area contributed by atoms with E-state index in [9.17, 15) is 4.79 Å². The maximum absolute atomic E-state index is 14.0. The van der Waals surface area contributed by atoms with Gasteiger partial charge in [0.15, 0.2) is 24.0 Å². The van der Waals surface area contributed by atoms with Crippen LogP contribution in [0.5, 0.6) is 0 Å². The highest BCUT2D eigenvalue weighted by atomic mass is 16.8. The molecule has 2 saturated heterocycles. The standard InChI is InChI=1S/C28H36O5/c1-6-9-15-28(30-18-20-13-11-10-12-14-20)24(31-26-25(28)32-27(4,5)33-26)23(29)22-17-19(7-2)16-21(22)8-3/h6-8,10-14,19,21-22,24-26H,1-3,9,15-18H2,4-5H3/t19-,21+,22-,24+,25-,26+,28+/m0/s1. The lowest BCUT2D eigenvalue weighted by atomic mass is 9.79. The first-order valence-electron chi connectivity index (χ1n) is 11.9. The van der Waals surface area contributed by atoms with Gasteiger partial charge in [0.1, 0.15) is 11.7 Å². The maximum Gasteiger partial charge on any atom is 0.191 e. The highest BCUT2D eigenvalue weighted by Gasteiger charge is 2.66. The minimum atomic E-state index is -0.975. The molecule has 3 fully saturated rings. The molecule has 0 N–H and O–H groups in total. The van der Waals surface area contributed by atoms with Crippen LogP contribution in [0, 0.1) is 17.8 Å². The number of carbonyl (C=O) groups excluding carboxylic acids is 1. The first kappa shape index (κ1) is 24.1. The second kappa shape index (κ2) is 9.67. The zero-order chi connectivity index (χ0) is 23.6. The molecule has 0 bridgehead atoms. The molecule has 178 valence electrons. The molecule has 1 aromatic carbocycles. The van der Waals surface area contributed by atoms with E-state index in [1.54, 1.807) is 0 Å². The molecular formula is C28H36O5. The third-order valence-corrected chi connectivity index (χ3v) is 7.25. The monoisotopic (exact) mass is 452 g/mol. The van der Waals surface area contributed by atoms with Crippen LogP contribution in [0.15, 0.2) is 68.3 Å². The highest BCUT2D eigenvalue weighted by molar-refractivity contribution is 5.88. The van der Waals surface area contributed by atoms with Crippen molar-refractivity contribution < 1.29 is 23.7 Å². The van der Waals surface area contributed by atoms with Gasteiger partial charge >= 0.3 is 0 Å². The van der Waals surface area contributed by atoms with E-state index >= 15 is 0 Å². The predicted molar refractivity (Wildman–Crippen MR) is 127 cm³/mol. The Kier molecular flexibility index (Phi) is 7.06. The molecule has 3 aliphatic rings. The molecule has 0 amide bonds. The maximum atomic E-state index is 14.0. The van der Waals surface area contributed by atoms with E-state index in [1.165, 1.54) is 0 Å². The first-order valence-corrected chi connectivity index (χ1v) is 11.9. The normalized spacial score (nSPS) is 36.9. The van der Waals surface area contributed by atoms with Gasteiger partial charge in [0, 0.05) is 5.92 Å². The summed E-state index contributed by atoms with van der Waals surface area (Å²) in [5.74, 6) is -0.577. The number of allylic oxidation sites excluding steroid dienone is 3. The van der Waals surface area contributed by atoms with Gasteiger partial charge in [0.2, 0.25) is 0 Å². The summed E-state index contributed by atoms with van der Waals surface area (Å²) < 4.78 is 25.4. The van der Waals surface area contributed by atoms with Crippen LogP contribution in [0.4, 0.5) is 0 Å². The van der Waals surface area contributed by atoms with Gasteiger partial charge in [0.25, 0.3) is 0 Å². The summed E-state index contributed by atoms with van der Waals surface area (Å²) in [5, 5.41) is 0. The number of Topliss-reactive ketones (excluding diaryl/α,β-unsaturated/α-hetero) is 1. The summed E-state index contributed by atoms with van der Waals surface area (Å²) in [6, 6.07) is 9.96. The van der Waals surface area contributed by atoms with Gasteiger partial charge in [-0.2, -0.15) is 0 Å². The van der Waals surface area contributed by atoms with E-state index in [0.717, 1.165) is 18.4 Å². The topological polar surface area (TPSA) is 54.0 Å². The molecule has 7 atom stereocenters. The predicted octanol–water partition coefficient (Wildman–Crippen LogP) is 5.37. The van der Waals surface area contributed by atoms with E-state index in [0.29, 0.717) is 25.4 Å². The molecule has 0 aromatic heterocycles. The number of hydrogen-bond acceptors (Lipinski definition) is 5. The molecule has 0 radical (unpaired) electrons. The molecule has 5 nitrogen and oxygen atoms in total. The summed E-state index contributed by atoms with van der Waals surface area (Å²) in [5.41, 5.74) is 0.0530. The average molecular weight is 453 g/mol. The van der Waals surface area contributed by atoms with Gasteiger partial charge < -0.3 is 18.9 Å². The van der Waals surface area contributed by atoms with Crippen LogP contribution in [-0.4, -0.2) is 35.7 Å². The van der Waals surface area contributed by atoms with Crippen LogP contribution in [0.3, 0.4) is 0 Å². The average Bonchev–Trinajstić information content (AvgIpc) is 3.46. The molecule has 2 aliphatic heterocycles. The van der Waals surface area contributed by atoms with Gasteiger partial charge in [-0.15, -0.1) is 19.7 Å². The van der Waals surface area contributed by atoms with Crippen LogP contribution in [-0.2, 0) is 30.3 Å². The van der Waals surface area contributed by atoms with Gasteiger partial charge in [-0.25, -0.2) is 0 Å². The number of ether oxygens (including phenoxy) is 4. The fourth-order valence-corrected chi connectivity index (χ4v) is 5.57. The molecule has 2 heterocycles. The van der Waals surface area contributed by atoms with Crippen molar-refractivity contribution in [3.63, 3.8) is 0 Å². The zero-order valence-corrected chi connectivity index (χ0v) is 19.8. The quantitative estimate of drug-likeness (QED) is 0.447. The van der Waals surface area contributed by atoms with Gasteiger partial charge in [0.05, 0.1) is 6.61 Å². The number of fused-ring (bicyclic) bond motifs is 1. The number of hydrogen-bond donors (Lipinski definition) is 0. The molecule has 0 unspecified atom stereocenters. The fraction of sp³-hybridized carbons (Fsp3) is 0.536. The molecule has 1 saturated carbocycles. The Balaban J connectivity index is 1.68. The minimum Gasteiger partial charge on any atom is -0.364 e. The summed E-state index contributed by atoms with van der Waals surface area (Å²) in [7, 11) is 0. The lowest BCUT2D eigenvalue weighted by Crippen LogP contribution is -2.55. The Morgan fingerprint density at radius 3 is 2.55 bits per heavy atom. The van der Waals surface area contributed by atoms with E-state index in [1.807, 2.05) is 62.4 Å². The number of ketones is 1. The van der Waals surface area contributed by atoms with Gasteiger partial charge in [-0.1, -0.05) is 48.6 Å². The van der Waals surface area contributed by atoms with E-state index < -0.39 is 29.9 Å². The van der Waals surface area contributed by atoms with Crippen LogP contribution >= 0.6 is 0 Å². The third-order valence-electron chi connectivity index (χ3n) is 7.25. The van der Waals surface area contributed by atoms with Crippen molar-refractivity contribution in [3.8, 4) is 0 Å². The number of carbonyl (C=O) groups is 1. The summed E-state index contributed by atoms with van der Waals surface area (Å²) in [4.78, 5) is 14.0. The Labute approximate surface area is 197 Å². The van der Waals surface area contributed by atoms with Crippen molar-refractivity contribution in [2.45, 2.75) is 76.0 Å². The molecule has 1 aliphatic carbocycles.